The van der Waals surface area contributed by atoms with Crippen molar-refractivity contribution >= 4 is 12.4 Å². The normalized spacial score (nSPS) is 11.2. The van der Waals surface area contributed by atoms with Gasteiger partial charge in [0.1, 0.15) is 11.5 Å². The van der Waals surface area contributed by atoms with Crippen molar-refractivity contribution in [3.8, 4) is 11.5 Å². The molecule has 2 rings (SSSR count). The minimum absolute atomic E-state index is 0.239. The van der Waals surface area contributed by atoms with Gasteiger partial charge in [-0.25, -0.2) is 0 Å². The molecule has 0 atom stereocenters. The van der Waals surface area contributed by atoms with E-state index in [9.17, 15) is 10.2 Å². The maximum atomic E-state index is 10.2. The van der Waals surface area contributed by atoms with Crippen molar-refractivity contribution in [2.75, 3.05) is 13.1 Å². The maximum absolute atomic E-state index is 10.2. The van der Waals surface area contributed by atoms with Crippen LogP contribution in [-0.2, 0) is 12.8 Å². The first kappa shape index (κ1) is 19.2. The summed E-state index contributed by atoms with van der Waals surface area (Å²) in [7, 11) is 0. The summed E-state index contributed by atoms with van der Waals surface area (Å²) in [5.41, 5.74) is 3.03. The first-order valence-electron chi connectivity index (χ1n) is 8.50. The van der Waals surface area contributed by atoms with E-state index in [1.165, 1.54) is 0 Å². The van der Waals surface area contributed by atoms with Crippen LogP contribution < -0.4 is 0 Å². The van der Waals surface area contributed by atoms with E-state index in [4.69, 9.17) is 0 Å². The van der Waals surface area contributed by atoms with Crippen molar-refractivity contribution in [2.45, 2.75) is 12.8 Å². The smallest absolute Gasteiger partial charge is 0.127 e. The van der Waals surface area contributed by atoms with Crippen LogP contribution in [0.15, 0.2) is 71.7 Å². The molecule has 2 aromatic carbocycles. The highest BCUT2D eigenvalue weighted by Crippen LogP contribution is 2.22. The molecule has 0 spiro atoms. The van der Waals surface area contributed by atoms with Crippen LogP contribution in [0.3, 0.4) is 0 Å². The van der Waals surface area contributed by atoms with Gasteiger partial charge in [-0.3, -0.25) is 9.98 Å². The summed E-state index contributed by atoms with van der Waals surface area (Å²) in [5, 5.41) is 20.3. The van der Waals surface area contributed by atoms with Crippen molar-refractivity contribution in [1.82, 2.24) is 0 Å². The third-order valence-corrected chi connectivity index (χ3v) is 3.85. The third-order valence-electron chi connectivity index (χ3n) is 3.85. The molecule has 4 nitrogen and oxygen atoms in total. The van der Waals surface area contributed by atoms with Gasteiger partial charge in [0.15, 0.2) is 0 Å². The Morgan fingerprint density at radius 2 is 1.15 bits per heavy atom. The Balaban J connectivity index is 1.93. The van der Waals surface area contributed by atoms with Gasteiger partial charge in [-0.15, -0.1) is 13.2 Å². The second-order valence-corrected chi connectivity index (χ2v) is 5.77. The average molecular weight is 348 g/mol. The van der Waals surface area contributed by atoms with E-state index in [0.29, 0.717) is 37.1 Å². The third kappa shape index (κ3) is 5.18. The summed E-state index contributed by atoms with van der Waals surface area (Å²) in [6.07, 6.45) is 8.05. The number of aliphatic imine (C=N–C) groups is 2. The molecule has 4 heteroatoms. The van der Waals surface area contributed by atoms with Crippen LogP contribution in [-0.4, -0.2) is 35.7 Å². The molecule has 0 saturated carbocycles. The van der Waals surface area contributed by atoms with E-state index in [-0.39, 0.29) is 11.5 Å². The van der Waals surface area contributed by atoms with Gasteiger partial charge in [0.2, 0.25) is 0 Å². The van der Waals surface area contributed by atoms with Gasteiger partial charge in [0.05, 0.1) is 13.1 Å². The number of phenols is 2. The summed E-state index contributed by atoms with van der Waals surface area (Å²) in [4.78, 5) is 8.61. The molecule has 0 heterocycles. The Labute approximate surface area is 154 Å². The largest absolute Gasteiger partial charge is 0.507 e. The number of hydrogen-bond donors (Lipinski definition) is 2. The van der Waals surface area contributed by atoms with E-state index < -0.39 is 0 Å². The van der Waals surface area contributed by atoms with Gasteiger partial charge in [-0.2, -0.15) is 0 Å². The number of aromatic hydroxyl groups is 2. The zero-order valence-electron chi connectivity index (χ0n) is 14.8. The number of nitrogens with zero attached hydrogens (tertiary/aromatic N) is 2. The predicted molar refractivity (Wildman–Crippen MR) is 109 cm³/mol. The molecule has 0 saturated heterocycles. The topological polar surface area (TPSA) is 65.2 Å². The monoisotopic (exact) mass is 348 g/mol. The lowest BCUT2D eigenvalue weighted by Crippen LogP contribution is -1.93. The highest BCUT2D eigenvalue weighted by Gasteiger charge is 2.04. The fourth-order valence-corrected chi connectivity index (χ4v) is 2.51. The Kier molecular flexibility index (Phi) is 7.37. The summed E-state index contributed by atoms with van der Waals surface area (Å²) >= 11 is 0. The lowest BCUT2D eigenvalue weighted by Gasteiger charge is -2.04. The molecule has 134 valence electrons. The van der Waals surface area contributed by atoms with Gasteiger partial charge in [0.25, 0.3) is 0 Å². The van der Waals surface area contributed by atoms with Gasteiger partial charge >= 0.3 is 0 Å². The summed E-state index contributed by atoms with van der Waals surface area (Å²) in [5.74, 6) is 0.479. The molecule has 26 heavy (non-hydrogen) atoms. The van der Waals surface area contributed by atoms with Crippen LogP contribution in [0.2, 0.25) is 0 Å². The van der Waals surface area contributed by atoms with Crippen molar-refractivity contribution in [3.05, 3.63) is 84.0 Å². The van der Waals surface area contributed by atoms with E-state index in [0.717, 1.165) is 11.1 Å². The molecule has 2 N–H and O–H groups in total. The molecule has 0 bridgehead atoms. The molecule has 0 aliphatic carbocycles. The average Bonchev–Trinajstić information content (AvgIpc) is 2.64. The molecule has 0 fully saturated rings. The Bertz CT molecular complexity index is 753. The van der Waals surface area contributed by atoms with Crippen molar-refractivity contribution in [2.24, 2.45) is 9.98 Å². The second-order valence-electron chi connectivity index (χ2n) is 5.77. The van der Waals surface area contributed by atoms with Crippen molar-refractivity contribution < 1.29 is 10.2 Å². The molecular weight excluding hydrogens is 324 g/mol. The number of para-hydroxylation sites is 2. The fourth-order valence-electron chi connectivity index (χ4n) is 2.51. The Hall–Kier alpha value is -3.14. The molecule has 0 unspecified atom stereocenters. The lowest BCUT2D eigenvalue weighted by atomic mass is 10.1. The zero-order valence-corrected chi connectivity index (χ0v) is 14.8. The molecule has 0 aromatic heterocycles. The van der Waals surface area contributed by atoms with Crippen LogP contribution in [0, 0.1) is 0 Å². The van der Waals surface area contributed by atoms with Gasteiger partial charge in [-0.05, 0) is 36.1 Å². The minimum Gasteiger partial charge on any atom is -0.507 e. The number of allylic oxidation sites excluding steroid dienone is 2. The maximum Gasteiger partial charge on any atom is 0.127 e. The Morgan fingerprint density at radius 3 is 1.54 bits per heavy atom. The van der Waals surface area contributed by atoms with E-state index >= 15 is 0 Å². The highest BCUT2D eigenvalue weighted by atomic mass is 16.3. The van der Waals surface area contributed by atoms with Gasteiger partial charge in [-0.1, -0.05) is 36.4 Å². The summed E-state index contributed by atoms with van der Waals surface area (Å²) in [6, 6.07) is 11.1. The van der Waals surface area contributed by atoms with Crippen LogP contribution in [0.4, 0.5) is 0 Å². The predicted octanol–water partition coefficient (Wildman–Crippen LogP) is 4.09. The summed E-state index contributed by atoms with van der Waals surface area (Å²) in [6.45, 7) is 8.36. The number of phenolic OH excluding ortho intramolecular Hbond substituents is 2. The minimum atomic E-state index is 0.239. The molecule has 0 aliphatic rings. The standard InChI is InChI=1S/C22H24N2O2/c1-3-7-17-9-5-11-19(21(17)25)15-23-13-14-24-16-20-12-6-10-18(8-4-2)22(20)26/h3-6,9-12,15-16,25-26H,1-2,7-8,13-14H2. The van der Waals surface area contributed by atoms with E-state index in [1.807, 2.05) is 36.4 Å². The first-order valence-corrected chi connectivity index (χ1v) is 8.50. The van der Waals surface area contributed by atoms with Gasteiger partial charge in [0, 0.05) is 23.6 Å². The molecule has 2 aromatic rings. The van der Waals surface area contributed by atoms with Crippen LogP contribution >= 0.6 is 0 Å². The van der Waals surface area contributed by atoms with Crippen molar-refractivity contribution in [3.63, 3.8) is 0 Å². The van der Waals surface area contributed by atoms with E-state index in [1.54, 1.807) is 24.6 Å². The first-order chi connectivity index (χ1) is 12.7. The van der Waals surface area contributed by atoms with E-state index in [2.05, 4.69) is 23.1 Å². The number of hydrogen-bond acceptors (Lipinski definition) is 4. The fraction of sp³-hybridized carbons (Fsp3) is 0.182. The number of benzene rings is 2. The molecule has 0 amide bonds. The SMILES string of the molecule is C=CCc1cccc(C=NCCN=Cc2cccc(CC=C)c2O)c1O. The Morgan fingerprint density at radius 1 is 0.731 bits per heavy atom. The zero-order chi connectivity index (χ0) is 18.8. The quantitative estimate of drug-likeness (QED) is 0.407. The molecule has 0 radical (unpaired) electrons. The second kappa shape index (κ2) is 9.99. The molecular formula is C22H24N2O2. The van der Waals surface area contributed by atoms with Crippen LogP contribution in [0.5, 0.6) is 11.5 Å². The van der Waals surface area contributed by atoms with Crippen LogP contribution in [0.1, 0.15) is 22.3 Å². The summed E-state index contributed by atoms with van der Waals surface area (Å²) < 4.78 is 0. The van der Waals surface area contributed by atoms with Gasteiger partial charge < -0.3 is 10.2 Å². The highest BCUT2D eigenvalue weighted by molar-refractivity contribution is 5.85. The number of rotatable bonds is 9. The van der Waals surface area contributed by atoms with Crippen LogP contribution in [0.25, 0.3) is 0 Å². The molecule has 0 aliphatic heterocycles. The lowest BCUT2D eigenvalue weighted by molar-refractivity contribution is 0.468. The van der Waals surface area contributed by atoms with Crippen molar-refractivity contribution in [1.29, 1.82) is 0 Å².